The van der Waals surface area contributed by atoms with Gasteiger partial charge in [0.05, 0.1) is 11.5 Å². The summed E-state index contributed by atoms with van der Waals surface area (Å²) in [5.41, 5.74) is 0.878. The van der Waals surface area contributed by atoms with Crippen molar-refractivity contribution in [2.75, 3.05) is 0 Å². The molecule has 4 aliphatic rings. The average Bonchev–Trinajstić information content (AvgIpc) is 2.95. The van der Waals surface area contributed by atoms with Crippen LogP contribution in [0, 0.1) is 5.92 Å². The Kier molecular flexibility index (Phi) is 4.03. The molecule has 7 heteroatoms. The molecule has 27 heavy (non-hydrogen) atoms. The summed E-state index contributed by atoms with van der Waals surface area (Å²) >= 11 is 0. The first kappa shape index (κ1) is 18.0. The Bertz CT molecular complexity index is 803. The van der Waals surface area contributed by atoms with E-state index in [1.54, 1.807) is 19.9 Å². The van der Waals surface area contributed by atoms with E-state index in [9.17, 15) is 14.4 Å². The number of hydrogen-bond acceptors (Lipinski definition) is 7. The maximum Gasteiger partial charge on any atom is 0.334 e. The Balaban J connectivity index is 1.71. The fourth-order valence-electron chi connectivity index (χ4n) is 4.20. The molecule has 0 aromatic rings. The molecule has 0 radical (unpaired) electrons. The number of esters is 3. The molecule has 2 saturated heterocycles. The molecule has 2 fully saturated rings. The van der Waals surface area contributed by atoms with Crippen LogP contribution in [0.4, 0.5) is 0 Å². The molecule has 0 aromatic carbocycles. The highest BCUT2D eigenvalue weighted by molar-refractivity contribution is 5.93. The van der Waals surface area contributed by atoms with E-state index in [2.05, 4.69) is 6.58 Å². The lowest BCUT2D eigenvalue weighted by Crippen LogP contribution is -2.38. The SMILES string of the molecule is C=C1C(=O)OC2C3O[C@]3(C)C[C@@H]3C=C(C[C@H](OC(=O)C=C(C)C)[C@@H]12)C(=O)O3. The molecule has 3 aliphatic heterocycles. The molecule has 3 heterocycles. The number of carbonyl (C=O) groups excluding carboxylic acids is 3. The highest BCUT2D eigenvalue weighted by Crippen LogP contribution is 2.51. The van der Waals surface area contributed by atoms with Crippen LogP contribution in [-0.4, -0.2) is 47.9 Å². The zero-order chi connectivity index (χ0) is 19.5. The summed E-state index contributed by atoms with van der Waals surface area (Å²) in [5.74, 6) is -2.07. The molecule has 1 aliphatic carbocycles. The Morgan fingerprint density at radius 2 is 2.04 bits per heavy atom. The molecule has 0 N–H and O–H groups in total. The van der Waals surface area contributed by atoms with Gasteiger partial charge in [-0.15, -0.1) is 0 Å². The highest BCUT2D eigenvalue weighted by Gasteiger charge is 2.65. The van der Waals surface area contributed by atoms with Gasteiger partial charge in [-0.3, -0.25) is 0 Å². The molecule has 4 rings (SSSR count). The summed E-state index contributed by atoms with van der Waals surface area (Å²) in [6, 6.07) is 0. The zero-order valence-electron chi connectivity index (χ0n) is 15.5. The topological polar surface area (TPSA) is 91.4 Å². The minimum atomic E-state index is -0.777. The van der Waals surface area contributed by atoms with Gasteiger partial charge in [-0.25, -0.2) is 14.4 Å². The lowest BCUT2D eigenvalue weighted by molar-refractivity contribution is -0.149. The quantitative estimate of drug-likeness (QED) is 0.315. The van der Waals surface area contributed by atoms with E-state index in [0.29, 0.717) is 12.0 Å². The first-order chi connectivity index (χ1) is 12.7. The summed E-state index contributed by atoms with van der Waals surface area (Å²) in [4.78, 5) is 36.7. The number of ether oxygens (including phenoxy) is 4. The second-order valence-corrected chi connectivity index (χ2v) is 8.01. The van der Waals surface area contributed by atoms with Crippen LogP contribution in [0.5, 0.6) is 0 Å². The van der Waals surface area contributed by atoms with E-state index in [-0.39, 0.29) is 18.1 Å². The van der Waals surface area contributed by atoms with Crippen molar-refractivity contribution in [2.24, 2.45) is 5.92 Å². The minimum absolute atomic E-state index is 0.137. The first-order valence-electron chi connectivity index (χ1n) is 9.03. The van der Waals surface area contributed by atoms with Gasteiger partial charge in [0.1, 0.15) is 24.4 Å². The van der Waals surface area contributed by atoms with Crippen molar-refractivity contribution in [3.05, 3.63) is 35.5 Å². The van der Waals surface area contributed by atoms with E-state index in [0.717, 1.165) is 5.57 Å². The van der Waals surface area contributed by atoms with Crippen LogP contribution in [-0.2, 0) is 33.3 Å². The second kappa shape index (κ2) is 6.05. The van der Waals surface area contributed by atoms with Gasteiger partial charge >= 0.3 is 17.9 Å². The van der Waals surface area contributed by atoms with Crippen molar-refractivity contribution in [3.63, 3.8) is 0 Å². The van der Waals surface area contributed by atoms with Gasteiger partial charge in [0.25, 0.3) is 0 Å². The lowest BCUT2D eigenvalue weighted by atomic mass is 9.82. The van der Waals surface area contributed by atoms with Crippen molar-refractivity contribution in [2.45, 2.75) is 63.6 Å². The van der Waals surface area contributed by atoms with Crippen LogP contribution in [0.25, 0.3) is 0 Å². The molecule has 7 nitrogen and oxygen atoms in total. The molecule has 6 atom stereocenters. The van der Waals surface area contributed by atoms with Crippen LogP contribution < -0.4 is 0 Å². The summed E-state index contributed by atoms with van der Waals surface area (Å²) in [5, 5.41) is 0. The Hall–Kier alpha value is -2.41. The largest absolute Gasteiger partial charge is 0.458 e. The maximum absolute atomic E-state index is 12.3. The molecular formula is C20H22O7. The number of epoxide rings is 1. The van der Waals surface area contributed by atoms with Gasteiger partial charge in [0, 0.05) is 30.1 Å². The molecule has 0 aromatic heterocycles. The molecule has 0 spiro atoms. The third kappa shape index (κ3) is 3.10. The number of fused-ring (bicyclic) bond motifs is 4. The molecule has 0 amide bonds. The summed E-state index contributed by atoms with van der Waals surface area (Å²) in [6.45, 7) is 9.31. The van der Waals surface area contributed by atoms with Gasteiger partial charge in [0.15, 0.2) is 0 Å². The molecular weight excluding hydrogens is 352 g/mol. The number of hydrogen-bond donors (Lipinski definition) is 0. The van der Waals surface area contributed by atoms with Crippen LogP contribution in [0.1, 0.15) is 33.6 Å². The van der Waals surface area contributed by atoms with E-state index in [4.69, 9.17) is 18.9 Å². The third-order valence-corrected chi connectivity index (χ3v) is 5.51. The number of allylic oxidation sites excluding steroid dienone is 1. The fourth-order valence-corrected chi connectivity index (χ4v) is 4.20. The van der Waals surface area contributed by atoms with E-state index in [1.165, 1.54) is 6.08 Å². The first-order valence-corrected chi connectivity index (χ1v) is 9.03. The van der Waals surface area contributed by atoms with Crippen LogP contribution in [0.3, 0.4) is 0 Å². The van der Waals surface area contributed by atoms with Gasteiger partial charge in [-0.2, -0.15) is 0 Å². The Morgan fingerprint density at radius 1 is 1.30 bits per heavy atom. The monoisotopic (exact) mass is 374 g/mol. The van der Waals surface area contributed by atoms with Gasteiger partial charge in [0.2, 0.25) is 0 Å². The smallest absolute Gasteiger partial charge is 0.334 e. The van der Waals surface area contributed by atoms with Crippen LogP contribution in [0.2, 0.25) is 0 Å². The highest BCUT2D eigenvalue weighted by atomic mass is 16.7. The zero-order valence-corrected chi connectivity index (χ0v) is 15.5. The normalized spacial score (nSPS) is 39.4. The fraction of sp³-hybridized carbons (Fsp3) is 0.550. The third-order valence-electron chi connectivity index (χ3n) is 5.51. The Morgan fingerprint density at radius 3 is 2.74 bits per heavy atom. The van der Waals surface area contributed by atoms with E-state index < -0.39 is 47.7 Å². The van der Waals surface area contributed by atoms with Crippen molar-refractivity contribution in [3.8, 4) is 0 Å². The number of rotatable bonds is 2. The molecule has 2 bridgehead atoms. The van der Waals surface area contributed by atoms with Gasteiger partial charge < -0.3 is 18.9 Å². The molecule has 2 unspecified atom stereocenters. The predicted molar refractivity (Wildman–Crippen MR) is 92.3 cm³/mol. The number of carbonyl (C=O) groups is 3. The van der Waals surface area contributed by atoms with Crippen LogP contribution >= 0.6 is 0 Å². The summed E-state index contributed by atoms with van der Waals surface area (Å²) in [7, 11) is 0. The van der Waals surface area contributed by atoms with Crippen LogP contribution in [0.15, 0.2) is 35.5 Å². The lowest BCUT2D eigenvalue weighted by Gasteiger charge is -2.26. The maximum atomic E-state index is 12.3. The second-order valence-electron chi connectivity index (χ2n) is 8.01. The molecule has 144 valence electrons. The van der Waals surface area contributed by atoms with Crippen molar-refractivity contribution in [1.82, 2.24) is 0 Å². The Labute approximate surface area is 157 Å². The average molecular weight is 374 g/mol. The van der Waals surface area contributed by atoms with Crippen molar-refractivity contribution >= 4 is 17.9 Å². The molecule has 0 saturated carbocycles. The van der Waals surface area contributed by atoms with E-state index >= 15 is 0 Å². The van der Waals surface area contributed by atoms with Crippen molar-refractivity contribution < 1.29 is 33.3 Å². The summed E-state index contributed by atoms with van der Waals surface area (Å²) in [6.07, 6.45) is 1.62. The predicted octanol–water partition coefficient (Wildman–Crippen LogP) is 1.77. The minimum Gasteiger partial charge on any atom is -0.458 e. The van der Waals surface area contributed by atoms with Gasteiger partial charge in [-0.05, 0) is 26.8 Å². The van der Waals surface area contributed by atoms with E-state index in [1.807, 2.05) is 6.92 Å². The standard InChI is InChI=1S/C20H22O7/c1-9(2)5-14(21)25-13-7-11-6-12(24-19(11)23)8-20(4)17(27-20)16-15(13)10(3)18(22)26-16/h5-6,12-13,15-17H,3,7-8H2,1-2,4H3/t12-,13-,15+,16?,17?,20+/m0/s1. The summed E-state index contributed by atoms with van der Waals surface area (Å²) < 4.78 is 22.4. The van der Waals surface area contributed by atoms with Crippen molar-refractivity contribution in [1.29, 1.82) is 0 Å². The van der Waals surface area contributed by atoms with Gasteiger partial charge in [-0.1, -0.05) is 12.2 Å².